The second-order valence-corrected chi connectivity index (χ2v) is 17.5. The van der Waals surface area contributed by atoms with Crippen LogP contribution >= 0.6 is 0 Å². The Morgan fingerprint density at radius 1 is 0.121 bits per heavy atom. The van der Waals surface area contributed by atoms with E-state index in [1.807, 2.05) is 0 Å². The highest BCUT2D eigenvalue weighted by atomic mass is 16.6. The normalized spacial score (nSPS) is 11.7. The molecule has 0 aliphatic rings. The van der Waals surface area contributed by atoms with E-state index in [0.29, 0.717) is 145 Å². The van der Waals surface area contributed by atoms with Gasteiger partial charge >= 0.3 is 0 Å². The lowest BCUT2D eigenvalue weighted by molar-refractivity contribution is -0.0284. The SMILES string of the molecule is CCCCCCCCCCCCCCCCOCCOCCOCCOCCOCCOCCOCCOCCOCCOCCOCCOCCCCCCCCCCCCCCCC. The number of ether oxygens (including phenoxy) is 12. The Hall–Kier alpha value is -0.480. The fourth-order valence-electron chi connectivity index (χ4n) is 7.32. The predicted octanol–water partition coefficient (Wildman–Crippen LogP) is 12.1. The third-order valence-electron chi connectivity index (χ3n) is 11.4. The molecule has 0 saturated carbocycles. The van der Waals surface area contributed by atoms with Crippen LogP contribution in [0.3, 0.4) is 0 Å². The third kappa shape index (κ3) is 63.5. The van der Waals surface area contributed by atoms with Crippen LogP contribution in [-0.2, 0) is 56.8 Å². The number of hydrogen-bond acceptors (Lipinski definition) is 12. The summed E-state index contributed by atoms with van der Waals surface area (Å²) in [6.07, 6.45) is 38.5. The summed E-state index contributed by atoms with van der Waals surface area (Å²) in [7, 11) is 0. The van der Waals surface area contributed by atoms with Crippen molar-refractivity contribution in [2.45, 2.75) is 194 Å². The van der Waals surface area contributed by atoms with Crippen molar-refractivity contribution in [1.29, 1.82) is 0 Å². The Balaban J connectivity index is 3.06. The van der Waals surface area contributed by atoms with E-state index in [-0.39, 0.29) is 0 Å². The summed E-state index contributed by atoms with van der Waals surface area (Å²) in [6, 6.07) is 0. The second kappa shape index (κ2) is 64.5. The zero-order chi connectivity index (χ0) is 47.3. The maximum Gasteiger partial charge on any atom is 0.0701 e. The van der Waals surface area contributed by atoms with Crippen molar-refractivity contribution in [3.05, 3.63) is 0 Å². The van der Waals surface area contributed by atoms with Crippen LogP contribution in [0.15, 0.2) is 0 Å². The zero-order valence-electron chi connectivity index (χ0n) is 43.7. The van der Waals surface area contributed by atoms with Gasteiger partial charge in [-0.3, -0.25) is 0 Å². The van der Waals surface area contributed by atoms with E-state index < -0.39 is 0 Å². The van der Waals surface area contributed by atoms with Gasteiger partial charge in [0.05, 0.1) is 145 Å². The fourth-order valence-corrected chi connectivity index (χ4v) is 7.32. The molecule has 0 unspecified atom stereocenters. The molecule has 0 aliphatic carbocycles. The topological polar surface area (TPSA) is 111 Å². The quantitative estimate of drug-likeness (QED) is 0.0541. The summed E-state index contributed by atoms with van der Waals surface area (Å²) in [5, 5.41) is 0. The van der Waals surface area contributed by atoms with Gasteiger partial charge < -0.3 is 56.8 Å². The van der Waals surface area contributed by atoms with Crippen LogP contribution in [0.1, 0.15) is 194 Å². The van der Waals surface area contributed by atoms with Crippen molar-refractivity contribution in [1.82, 2.24) is 0 Å². The van der Waals surface area contributed by atoms with Gasteiger partial charge in [0.2, 0.25) is 0 Å². The van der Waals surface area contributed by atoms with Gasteiger partial charge in [-0.1, -0.05) is 181 Å². The predicted molar refractivity (Wildman–Crippen MR) is 270 cm³/mol. The minimum Gasteiger partial charge on any atom is -0.379 e. The van der Waals surface area contributed by atoms with Crippen LogP contribution in [0, 0.1) is 0 Å². The van der Waals surface area contributed by atoms with E-state index in [2.05, 4.69) is 13.8 Å². The lowest BCUT2D eigenvalue weighted by Gasteiger charge is -2.09. The van der Waals surface area contributed by atoms with Crippen LogP contribution < -0.4 is 0 Å². The van der Waals surface area contributed by atoms with E-state index in [0.717, 1.165) is 26.1 Å². The Bertz CT molecular complexity index is 749. The van der Waals surface area contributed by atoms with Crippen molar-refractivity contribution in [2.24, 2.45) is 0 Å². The van der Waals surface area contributed by atoms with Crippen LogP contribution in [0.2, 0.25) is 0 Å². The van der Waals surface area contributed by atoms with Crippen LogP contribution in [-0.4, -0.2) is 159 Å². The van der Waals surface area contributed by atoms with E-state index in [1.54, 1.807) is 0 Å². The van der Waals surface area contributed by atoms with E-state index in [1.165, 1.54) is 167 Å². The molecular weight excluding hydrogens is 841 g/mol. The van der Waals surface area contributed by atoms with E-state index >= 15 is 0 Å². The molecule has 0 radical (unpaired) electrons. The number of unbranched alkanes of at least 4 members (excludes halogenated alkanes) is 26. The Morgan fingerprint density at radius 2 is 0.227 bits per heavy atom. The molecule has 0 saturated heterocycles. The zero-order valence-corrected chi connectivity index (χ0v) is 43.7. The summed E-state index contributed by atoms with van der Waals surface area (Å²) in [5.41, 5.74) is 0. The minimum absolute atomic E-state index is 0.523. The maximum atomic E-state index is 5.70. The van der Waals surface area contributed by atoms with Crippen molar-refractivity contribution in [3.63, 3.8) is 0 Å². The number of rotatable bonds is 63. The van der Waals surface area contributed by atoms with Gasteiger partial charge in [0, 0.05) is 13.2 Å². The molecule has 398 valence electrons. The fraction of sp³-hybridized carbons (Fsp3) is 1.00. The standard InChI is InChI=1S/C54H110O12/c1-3-5-7-9-11-13-15-17-19-21-23-25-27-29-31-55-33-35-57-37-39-59-41-43-61-45-47-63-49-51-65-53-54-66-52-50-64-48-46-62-44-42-60-40-38-58-36-34-56-32-30-28-26-24-22-20-18-16-14-12-10-8-6-4-2/h3-54H2,1-2H3. The van der Waals surface area contributed by atoms with Gasteiger partial charge in [-0.15, -0.1) is 0 Å². The average molecular weight is 951 g/mol. The Kier molecular flexibility index (Phi) is 64.1. The van der Waals surface area contributed by atoms with Crippen LogP contribution in [0.25, 0.3) is 0 Å². The van der Waals surface area contributed by atoms with Gasteiger partial charge in [-0.2, -0.15) is 0 Å². The van der Waals surface area contributed by atoms with Gasteiger partial charge in [0.1, 0.15) is 0 Å². The maximum absolute atomic E-state index is 5.70. The highest BCUT2D eigenvalue weighted by molar-refractivity contribution is 4.51. The summed E-state index contributed by atoms with van der Waals surface area (Å²) in [6.45, 7) is 18.5. The third-order valence-corrected chi connectivity index (χ3v) is 11.4. The van der Waals surface area contributed by atoms with Gasteiger partial charge in [-0.25, -0.2) is 0 Å². The number of hydrogen-bond donors (Lipinski definition) is 0. The van der Waals surface area contributed by atoms with Crippen molar-refractivity contribution < 1.29 is 56.8 Å². The van der Waals surface area contributed by atoms with Gasteiger partial charge in [-0.05, 0) is 12.8 Å². The highest BCUT2D eigenvalue weighted by Crippen LogP contribution is 2.14. The molecule has 0 amide bonds. The molecule has 0 atom stereocenters. The molecule has 12 heteroatoms. The average Bonchev–Trinajstić information content (AvgIpc) is 3.33. The smallest absolute Gasteiger partial charge is 0.0701 e. The lowest BCUT2D eigenvalue weighted by Crippen LogP contribution is -2.15. The molecule has 12 nitrogen and oxygen atoms in total. The first-order valence-electron chi connectivity index (χ1n) is 27.8. The first kappa shape index (κ1) is 65.5. The largest absolute Gasteiger partial charge is 0.379 e. The van der Waals surface area contributed by atoms with Crippen LogP contribution in [0.4, 0.5) is 0 Å². The molecule has 0 fully saturated rings. The van der Waals surface area contributed by atoms with Crippen molar-refractivity contribution in [2.75, 3.05) is 159 Å². The Morgan fingerprint density at radius 3 is 0.364 bits per heavy atom. The monoisotopic (exact) mass is 951 g/mol. The van der Waals surface area contributed by atoms with Crippen molar-refractivity contribution in [3.8, 4) is 0 Å². The molecule has 0 aliphatic heterocycles. The molecule has 66 heavy (non-hydrogen) atoms. The molecule has 0 heterocycles. The summed E-state index contributed by atoms with van der Waals surface area (Å²) >= 11 is 0. The van der Waals surface area contributed by atoms with Crippen molar-refractivity contribution >= 4 is 0 Å². The summed E-state index contributed by atoms with van der Waals surface area (Å²) in [4.78, 5) is 0. The molecule has 0 aromatic heterocycles. The first-order chi connectivity index (χ1) is 32.9. The Labute approximate surface area is 407 Å². The van der Waals surface area contributed by atoms with Gasteiger partial charge in [0.25, 0.3) is 0 Å². The molecule has 0 rings (SSSR count). The lowest BCUT2D eigenvalue weighted by atomic mass is 10.0. The molecular formula is C54H110O12. The molecule has 0 spiro atoms. The van der Waals surface area contributed by atoms with Gasteiger partial charge in [0.15, 0.2) is 0 Å². The first-order valence-corrected chi connectivity index (χ1v) is 27.8. The molecule has 0 N–H and O–H groups in total. The molecule has 0 bridgehead atoms. The minimum atomic E-state index is 0.523. The van der Waals surface area contributed by atoms with E-state index in [4.69, 9.17) is 56.8 Å². The second-order valence-electron chi connectivity index (χ2n) is 17.5. The summed E-state index contributed by atoms with van der Waals surface area (Å²) in [5.74, 6) is 0. The summed E-state index contributed by atoms with van der Waals surface area (Å²) < 4.78 is 67.0. The molecule has 0 aromatic rings. The molecule has 0 aromatic carbocycles. The highest BCUT2D eigenvalue weighted by Gasteiger charge is 2.00. The van der Waals surface area contributed by atoms with Crippen LogP contribution in [0.5, 0.6) is 0 Å². The van der Waals surface area contributed by atoms with E-state index in [9.17, 15) is 0 Å².